The van der Waals surface area contributed by atoms with Crippen molar-refractivity contribution in [2.45, 2.75) is 13.8 Å². The summed E-state index contributed by atoms with van der Waals surface area (Å²) >= 11 is 0. The Kier molecular flexibility index (Phi) is 5.52. The molecule has 0 unspecified atom stereocenters. The van der Waals surface area contributed by atoms with Gasteiger partial charge in [-0.3, -0.25) is 4.79 Å². The van der Waals surface area contributed by atoms with Crippen molar-refractivity contribution in [2.75, 3.05) is 0 Å². The number of fused-ring (bicyclic) bond motifs is 1. The maximum atomic E-state index is 12.3. The van der Waals surface area contributed by atoms with Crippen LogP contribution in [0.5, 0.6) is 0 Å². The highest BCUT2D eigenvalue weighted by molar-refractivity contribution is 5.85. The Balaban J connectivity index is 0.000000956. The van der Waals surface area contributed by atoms with Crippen LogP contribution in [0.25, 0.3) is 29.3 Å². The zero-order valence-electron chi connectivity index (χ0n) is 12.0. The number of benzene rings is 1. The summed E-state index contributed by atoms with van der Waals surface area (Å²) < 4.78 is 1.84. The number of hydrogen-bond donors (Lipinski definition) is 0. The summed E-state index contributed by atoms with van der Waals surface area (Å²) in [6, 6.07) is 7.40. The highest BCUT2D eigenvalue weighted by Gasteiger charge is 2.10. The Labute approximate surface area is 119 Å². The van der Waals surface area contributed by atoms with Crippen LogP contribution < -0.4 is 5.43 Å². The molecule has 0 saturated carbocycles. The van der Waals surface area contributed by atoms with Crippen LogP contribution in [0, 0.1) is 0 Å². The first-order valence-electron chi connectivity index (χ1n) is 6.52. The third kappa shape index (κ3) is 2.56. The third-order valence-electron chi connectivity index (χ3n) is 2.81. The van der Waals surface area contributed by atoms with E-state index in [0.717, 1.165) is 5.52 Å². The van der Waals surface area contributed by atoms with Crippen LogP contribution in [0.15, 0.2) is 54.5 Å². The summed E-state index contributed by atoms with van der Waals surface area (Å²) in [5.74, 6) is 0. The second-order valence-corrected chi connectivity index (χ2v) is 3.76. The lowest BCUT2D eigenvalue weighted by Crippen LogP contribution is -2.13. The minimum absolute atomic E-state index is 0.0378. The van der Waals surface area contributed by atoms with Gasteiger partial charge in [0.15, 0.2) is 5.43 Å². The molecule has 0 aliphatic rings. The average molecular weight is 265 g/mol. The molecule has 0 spiro atoms. The molecule has 2 heteroatoms. The minimum atomic E-state index is -0.0378. The van der Waals surface area contributed by atoms with Crippen molar-refractivity contribution in [3.05, 3.63) is 71.2 Å². The summed E-state index contributed by atoms with van der Waals surface area (Å²) in [4.78, 5) is 12.3. The lowest BCUT2D eigenvalue weighted by Gasteiger charge is -2.12. The number of aromatic nitrogens is 1. The molecule has 20 heavy (non-hydrogen) atoms. The van der Waals surface area contributed by atoms with Gasteiger partial charge in [-0.1, -0.05) is 51.8 Å². The van der Waals surface area contributed by atoms with E-state index in [0.29, 0.717) is 16.6 Å². The van der Waals surface area contributed by atoms with Gasteiger partial charge in [-0.15, -0.1) is 5.73 Å². The largest absolute Gasteiger partial charge is 0.309 e. The first kappa shape index (κ1) is 15.5. The number of pyridine rings is 1. The van der Waals surface area contributed by atoms with E-state index >= 15 is 0 Å². The molecule has 0 fully saturated rings. The maximum Gasteiger partial charge on any atom is 0.197 e. The topological polar surface area (TPSA) is 22.0 Å². The smallest absolute Gasteiger partial charge is 0.197 e. The average Bonchev–Trinajstić information content (AvgIpc) is 2.51. The number of para-hydroxylation sites is 1. The van der Waals surface area contributed by atoms with Crippen molar-refractivity contribution in [1.82, 2.24) is 4.57 Å². The van der Waals surface area contributed by atoms with E-state index in [-0.39, 0.29) is 5.43 Å². The van der Waals surface area contributed by atoms with Gasteiger partial charge in [-0.25, -0.2) is 0 Å². The number of hydrogen-bond acceptors (Lipinski definition) is 1. The van der Waals surface area contributed by atoms with Gasteiger partial charge in [0.05, 0.1) is 17.4 Å². The molecule has 2 aromatic rings. The van der Waals surface area contributed by atoms with E-state index in [1.807, 2.05) is 36.6 Å². The van der Waals surface area contributed by atoms with E-state index in [4.69, 9.17) is 0 Å². The molecule has 0 atom stereocenters. The van der Waals surface area contributed by atoms with Gasteiger partial charge >= 0.3 is 0 Å². The Hall–Kier alpha value is -2.57. The van der Waals surface area contributed by atoms with Crippen LogP contribution in [-0.4, -0.2) is 4.57 Å². The van der Waals surface area contributed by atoms with Crippen molar-refractivity contribution in [2.24, 2.45) is 0 Å². The van der Waals surface area contributed by atoms with Crippen molar-refractivity contribution in [3.63, 3.8) is 0 Å². The number of nitrogens with zero attached hydrogens (tertiary/aromatic N) is 1. The standard InChI is InChI=1S/C16H13NO.C2H6/c1-4-11-17-14(6-3)12(5-2)16(18)13-9-7-8-10-15(13)17;1-2/h5-11H,1-3H2;1-2H3. The molecular formula is C18H19NO. The van der Waals surface area contributed by atoms with Gasteiger partial charge in [0.25, 0.3) is 0 Å². The van der Waals surface area contributed by atoms with Crippen molar-refractivity contribution in [1.29, 1.82) is 0 Å². The van der Waals surface area contributed by atoms with Gasteiger partial charge in [0.2, 0.25) is 0 Å². The summed E-state index contributed by atoms with van der Waals surface area (Å²) in [5, 5.41) is 0.643. The molecule has 1 aromatic carbocycles. The van der Waals surface area contributed by atoms with Crippen molar-refractivity contribution in [3.8, 4) is 0 Å². The quantitative estimate of drug-likeness (QED) is 0.745. The Morgan fingerprint density at radius 1 is 1.15 bits per heavy atom. The molecule has 0 amide bonds. The maximum absolute atomic E-state index is 12.3. The number of rotatable bonds is 3. The fraction of sp³-hybridized carbons (Fsp3) is 0.111. The molecular weight excluding hydrogens is 246 g/mol. The second kappa shape index (κ2) is 7.13. The highest BCUT2D eigenvalue weighted by atomic mass is 16.1. The van der Waals surface area contributed by atoms with Crippen LogP contribution in [0.2, 0.25) is 0 Å². The Morgan fingerprint density at radius 2 is 1.80 bits per heavy atom. The summed E-state index contributed by atoms with van der Waals surface area (Å²) in [7, 11) is 0. The van der Waals surface area contributed by atoms with Crippen molar-refractivity contribution < 1.29 is 0 Å². The monoisotopic (exact) mass is 265 g/mol. The zero-order valence-corrected chi connectivity index (χ0v) is 12.0. The van der Waals surface area contributed by atoms with Crippen LogP contribution in [0.1, 0.15) is 25.1 Å². The van der Waals surface area contributed by atoms with Crippen LogP contribution in [0.4, 0.5) is 0 Å². The van der Waals surface area contributed by atoms with Gasteiger partial charge in [-0.2, -0.15) is 0 Å². The van der Waals surface area contributed by atoms with Gasteiger partial charge < -0.3 is 4.57 Å². The lowest BCUT2D eigenvalue weighted by atomic mass is 10.1. The van der Waals surface area contributed by atoms with Crippen molar-refractivity contribution >= 4 is 29.3 Å². The molecule has 0 radical (unpaired) electrons. The normalized spacial score (nSPS) is 9.10. The van der Waals surface area contributed by atoms with Crippen LogP contribution in [-0.2, 0) is 0 Å². The van der Waals surface area contributed by atoms with E-state index in [1.54, 1.807) is 24.4 Å². The molecule has 0 bridgehead atoms. The van der Waals surface area contributed by atoms with Gasteiger partial charge in [0.1, 0.15) is 0 Å². The summed E-state index contributed by atoms with van der Waals surface area (Å²) in [5.41, 5.74) is 4.73. The summed E-state index contributed by atoms with van der Waals surface area (Å²) in [6.45, 7) is 15.0. The zero-order chi connectivity index (χ0) is 15.1. The van der Waals surface area contributed by atoms with Crippen LogP contribution >= 0.6 is 0 Å². The summed E-state index contributed by atoms with van der Waals surface area (Å²) in [6.07, 6.45) is 4.88. The molecule has 0 saturated heterocycles. The molecule has 0 N–H and O–H groups in total. The SMILES string of the molecule is C=C=Cn1c(C=C)c(C=C)c(=O)c2ccccc21.CC. The van der Waals surface area contributed by atoms with E-state index < -0.39 is 0 Å². The fourth-order valence-electron chi connectivity index (χ4n) is 2.03. The predicted octanol–water partition coefficient (Wildman–Crippen LogP) is 4.57. The predicted molar refractivity (Wildman–Crippen MR) is 89.6 cm³/mol. The highest BCUT2D eigenvalue weighted by Crippen LogP contribution is 2.18. The van der Waals surface area contributed by atoms with E-state index in [2.05, 4.69) is 25.5 Å². The molecule has 0 aliphatic heterocycles. The second-order valence-electron chi connectivity index (χ2n) is 3.76. The minimum Gasteiger partial charge on any atom is -0.309 e. The molecule has 1 aromatic heterocycles. The molecule has 2 nitrogen and oxygen atoms in total. The Morgan fingerprint density at radius 3 is 2.35 bits per heavy atom. The third-order valence-corrected chi connectivity index (χ3v) is 2.81. The van der Waals surface area contributed by atoms with E-state index in [1.165, 1.54) is 0 Å². The Bertz CT molecular complexity index is 744. The van der Waals surface area contributed by atoms with Crippen LogP contribution in [0.3, 0.4) is 0 Å². The molecule has 0 aliphatic carbocycles. The first-order chi connectivity index (χ1) is 9.74. The van der Waals surface area contributed by atoms with E-state index in [9.17, 15) is 4.79 Å². The molecule has 102 valence electrons. The lowest BCUT2D eigenvalue weighted by molar-refractivity contribution is 1.15. The van der Waals surface area contributed by atoms with Gasteiger partial charge in [-0.05, 0) is 18.2 Å². The first-order valence-corrected chi connectivity index (χ1v) is 6.52. The fourth-order valence-corrected chi connectivity index (χ4v) is 2.03. The van der Waals surface area contributed by atoms with Gasteiger partial charge in [0, 0.05) is 10.9 Å². The molecule has 1 heterocycles. The molecule has 2 rings (SSSR count).